The number of rotatable bonds is 2. The molecule has 3 aromatic heterocycles. The minimum Gasteiger partial charge on any atom is -0.340 e. The van der Waals surface area contributed by atoms with Crippen molar-refractivity contribution in [2.24, 2.45) is 7.05 Å². The van der Waals surface area contributed by atoms with E-state index in [0.29, 0.717) is 0 Å². The molecule has 0 aliphatic heterocycles. The summed E-state index contributed by atoms with van der Waals surface area (Å²) in [6.07, 6.45) is 4.83. The van der Waals surface area contributed by atoms with Crippen LogP contribution < -0.4 is 0 Å². The van der Waals surface area contributed by atoms with Crippen LogP contribution in [0.1, 0.15) is 16.4 Å². The Labute approximate surface area is 134 Å². The standard InChI is InChI=1S/C12H13N6S.Ir/c1-7-11(8(2)19-16-7)18-9(3)14-15-12(18)10-5-13-17(4)6-10;/h6H,1-4H3;/q-1;. The van der Waals surface area contributed by atoms with E-state index in [2.05, 4.69) is 32.8 Å². The summed E-state index contributed by atoms with van der Waals surface area (Å²) in [7, 11) is 1.86. The summed E-state index contributed by atoms with van der Waals surface area (Å²) in [5.74, 6) is 1.58. The number of aromatic nitrogens is 6. The van der Waals surface area contributed by atoms with E-state index in [9.17, 15) is 0 Å². The van der Waals surface area contributed by atoms with Gasteiger partial charge in [-0.25, -0.2) is 0 Å². The zero-order valence-corrected chi connectivity index (χ0v) is 14.7. The van der Waals surface area contributed by atoms with Crippen LogP contribution in [0.5, 0.6) is 0 Å². The average Bonchev–Trinajstić information content (AvgIpc) is 3.02. The number of hydrogen-bond acceptors (Lipinski definition) is 5. The Balaban J connectivity index is 0.00000147. The van der Waals surface area contributed by atoms with Crippen molar-refractivity contribution in [3.63, 3.8) is 0 Å². The molecule has 0 aliphatic rings. The monoisotopic (exact) mass is 466 g/mol. The summed E-state index contributed by atoms with van der Waals surface area (Å²) < 4.78 is 8.11. The first-order valence-corrected chi connectivity index (χ1v) is 6.62. The van der Waals surface area contributed by atoms with E-state index in [0.717, 1.165) is 33.5 Å². The second-order valence-corrected chi connectivity index (χ2v) is 5.38. The van der Waals surface area contributed by atoms with Gasteiger partial charge in [-0.3, -0.25) is 5.10 Å². The Morgan fingerprint density at radius 1 is 1.20 bits per heavy atom. The third-order valence-electron chi connectivity index (χ3n) is 2.93. The maximum Gasteiger partial charge on any atom is 0.122 e. The predicted octanol–water partition coefficient (Wildman–Crippen LogP) is 1.85. The fraction of sp³-hybridized carbons (Fsp3) is 0.333. The molecule has 3 aromatic rings. The van der Waals surface area contributed by atoms with Gasteiger partial charge in [0.25, 0.3) is 0 Å². The van der Waals surface area contributed by atoms with Crippen LogP contribution in [0.3, 0.4) is 0 Å². The molecule has 0 N–H and O–H groups in total. The molecule has 0 saturated carbocycles. The summed E-state index contributed by atoms with van der Waals surface area (Å²) in [6, 6.07) is 0. The number of hydrogen-bond donors (Lipinski definition) is 0. The maximum atomic E-state index is 4.39. The number of aryl methyl sites for hydroxylation is 4. The Hall–Kier alpha value is -1.37. The Kier molecular flexibility index (Phi) is 4.17. The van der Waals surface area contributed by atoms with E-state index in [-0.39, 0.29) is 20.1 Å². The molecule has 8 heteroatoms. The van der Waals surface area contributed by atoms with Crippen molar-refractivity contribution >= 4 is 11.5 Å². The summed E-state index contributed by atoms with van der Waals surface area (Å²) >= 11 is 1.49. The molecule has 0 aromatic carbocycles. The van der Waals surface area contributed by atoms with Crippen molar-refractivity contribution in [2.45, 2.75) is 20.8 Å². The minimum atomic E-state index is 0. The topological polar surface area (TPSA) is 61.4 Å². The van der Waals surface area contributed by atoms with Gasteiger partial charge in [0.2, 0.25) is 0 Å². The summed E-state index contributed by atoms with van der Waals surface area (Å²) in [6.45, 7) is 5.98. The van der Waals surface area contributed by atoms with Crippen molar-refractivity contribution < 1.29 is 20.1 Å². The van der Waals surface area contributed by atoms with Gasteiger partial charge in [-0.2, -0.15) is 9.47 Å². The molecule has 0 bridgehead atoms. The Bertz CT molecular complexity index is 722. The van der Waals surface area contributed by atoms with Crippen molar-refractivity contribution in [2.75, 3.05) is 0 Å². The van der Waals surface area contributed by atoms with E-state index >= 15 is 0 Å². The van der Waals surface area contributed by atoms with Crippen molar-refractivity contribution in [3.8, 4) is 17.1 Å². The first-order chi connectivity index (χ1) is 9.08. The predicted molar refractivity (Wildman–Crippen MR) is 72.3 cm³/mol. The van der Waals surface area contributed by atoms with E-state index in [4.69, 9.17) is 0 Å². The van der Waals surface area contributed by atoms with E-state index in [1.807, 2.05) is 31.7 Å². The third kappa shape index (κ3) is 2.34. The molecule has 3 rings (SSSR count). The molecular formula is C12H13IrN6S-. The minimum absolute atomic E-state index is 0. The molecule has 0 amide bonds. The van der Waals surface area contributed by atoms with Crippen molar-refractivity contribution in [1.82, 2.24) is 28.9 Å². The van der Waals surface area contributed by atoms with Gasteiger partial charge in [0.1, 0.15) is 5.82 Å². The van der Waals surface area contributed by atoms with Crippen LogP contribution >= 0.6 is 11.5 Å². The van der Waals surface area contributed by atoms with Gasteiger partial charge in [-0.05, 0) is 38.5 Å². The van der Waals surface area contributed by atoms with Crippen LogP contribution in [0.4, 0.5) is 0 Å². The second kappa shape index (κ2) is 5.55. The van der Waals surface area contributed by atoms with Crippen LogP contribution in [0, 0.1) is 27.0 Å². The van der Waals surface area contributed by atoms with Crippen LogP contribution in [-0.4, -0.2) is 28.9 Å². The fourth-order valence-corrected chi connectivity index (χ4v) is 2.77. The second-order valence-electron chi connectivity index (χ2n) is 4.41. The van der Waals surface area contributed by atoms with Gasteiger partial charge in [-0.15, -0.1) is 10.7 Å². The molecule has 3 heterocycles. The smallest absolute Gasteiger partial charge is 0.122 e. The van der Waals surface area contributed by atoms with Gasteiger partial charge >= 0.3 is 0 Å². The first kappa shape index (κ1) is 15.0. The first-order valence-electron chi connectivity index (χ1n) is 5.85. The largest absolute Gasteiger partial charge is 0.340 e. The molecule has 0 atom stereocenters. The van der Waals surface area contributed by atoms with Crippen LogP contribution in [-0.2, 0) is 27.2 Å². The van der Waals surface area contributed by atoms with E-state index in [1.165, 1.54) is 11.5 Å². The average molecular weight is 466 g/mol. The maximum absolute atomic E-state index is 4.39. The van der Waals surface area contributed by atoms with Gasteiger partial charge in [0, 0.05) is 32.0 Å². The fourth-order valence-electron chi connectivity index (χ4n) is 2.09. The van der Waals surface area contributed by atoms with Crippen molar-refractivity contribution in [3.05, 3.63) is 28.8 Å². The molecule has 107 valence electrons. The van der Waals surface area contributed by atoms with Crippen LogP contribution in [0.2, 0.25) is 0 Å². The SMILES string of the molecule is Cc1nsc(C)c1-n1c(C)nnc1-c1[c-]nn(C)c1.[Ir]. The zero-order valence-electron chi connectivity index (χ0n) is 11.5. The molecule has 0 saturated heterocycles. The Morgan fingerprint density at radius 2 is 1.95 bits per heavy atom. The normalized spacial score (nSPS) is 10.6. The molecule has 6 nitrogen and oxygen atoms in total. The molecular weight excluding hydrogens is 452 g/mol. The van der Waals surface area contributed by atoms with Crippen molar-refractivity contribution in [1.29, 1.82) is 0 Å². The zero-order chi connectivity index (χ0) is 13.6. The summed E-state index contributed by atoms with van der Waals surface area (Å²) in [5, 5.41) is 12.5. The van der Waals surface area contributed by atoms with Gasteiger partial charge in [-0.1, -0.05) is 6.20 Å². The van der Waals surface area contributed by atoms with Gasteiger partial charge in [0.05, 0.1) is 17.2 Å². The molecule has 0 fully saturated rings. The molecule has 1 radical (unpaired) electrons. The summed E-state index contributed by atoms with van der Waals surface area (Å²) in [5.41, 5.74) is 2.86. The molecule has 0 aliphatic carbocycles. The van der Waals surface area contributed by atoms with Crippen LogP contribution in [0.25, 0.3) is 17.1 Å². The van der Waals surface area contributed by atoms with Crippen LogP contribution in [0.15, 0.2) is 6.20 Å². The van der Waals surface area contributed by atoms with Gasteiger partial charge in [0.15, 0.2) is 0 Å². The van der Waals surface area contributed by atoms with Gasteiger partial charge < -0.3 is 9.25 Å². The third-order valence-corrected chi connectivity index (χ3v) is 3.76. The van der Waals surface area contributed by atoms with E-state index in [1.54, 1.807) is 4.68 Å². The number of nitrogens with zero attached hydrogens (tertiary/aromatic N) is 6. The quantitative estimate of drug-likeness (QED) is 0.542. The molecule has 0 spiro atoms. The van der Waals surface area contributed by atoms with E-state index < -0.39 is 0 Å². The molecule has 0 unspecified atom stereocenters. The summed E-state index contributed by atoms with van der Waals surface area (Å²) in [4.78, 5) is 1.14. The molecule has 20 heavy (non-hydrogen) atoms. The Morgan fingerprint density at radius 3 is 2.50 bits per heavy atom.